The second-order valence-corrected chi connectivity index (χ2v) is 3.43. The van der Waals surface area contributed by atoms with E-state index in [1.807, 2.05) is 6.07 Å². The SMILES string of the molecule is c1ccc(CNC2CCOC2)cc1. The van der Waals surface area contributed by atoms with Crippen LogP contribution < -0.4 is 5.32 Å². The summed E-state index contributed by atoms with van der Waals surface area (Å²) in [6.07, 6.45) is 1.15. The zero-order valence-electron chi connectivity index (χ0n) is 7.70. The molecule has 1 aromatic rings. The smallest absolute Gasteiger partial charge is 0.0620 e. The van der Waals surface area contributed by atoms with Gasteiger partial charge in [0.05, 0.1) is 6.61 Å². The van der Waals surface area contributed by atoms with Crippen LogP contribution in [0.2, 0.25) is 0 Å². The molecule has 0 spiro atoms. The van der Waals surface area contributed by atoms with Gasteiger partial charge >= 0.3 is 0 Å². The fourth-order valence-corrected chi connectivity index (χ4v) is 1.55. The van der Waals surface area contributed by atoms with E-state index in [1.54, 1.807) is 0 Å². The van der Waals surface area contributed by atoms with Crippen LogP contribution in [0.15, 0.2) is 30.3 Å². The first-order chi connectivity index (χ1) is 6.45. The summed E-state index contributed by atoms with van der Waals surface area (Å²) in [6, 6.07) is 11.0. The lowest BCUT2D eigenvalue weighted by Gasteiger charge is -2.09. The lowest BCUT2D eigenvalue weighted by molar-refractivity contribution is 0.190. The third-order valence-electron chi connectivity index (χ3n) is 2.37. The molecule has 0 aliphatic carbocycles. The van der Waals surface area contributed by atoms with Crippen molar-refractivity contribution in [1.82, 2.24) is 5.32 Å². The van der Waals surface area contributed by atoms with E-state index in [0.29, 0.717) is 6.04 Å². The average Bonchev–Trinajstić information content (AvgIpc) is 2.69. The predicted molar refractivity (Wildman–Crippen MR) is 52.5 cm³/mol. The fraction of sp³-hybridized carbons (Fsp3) is 0.455. The van der Waals surface area contributed by atoms with Crippen LogP contribution in [0.5, 0.6) is 0 Å². The van der Waals surface area contributed by atoms with Gasteiger partial charge in [0.25, 0.3) is 0 Å². The first-order valence-electron chi connectivity index (χ1n) is 4.80. The molecule has 70 valence electrons. The standard InChI is InChI=1S/C11H15NO/c1-2-4-10(5-3-1)8-12-11-6-7-13-9-11/h1-5,11-12H,6-9H2. The Kier molecular flexibility index (Phi) is 2.95. The topological polar surface area (TPSA) is 21.3 Å². The van der Waals surface area contributed by atoms with E-state index in [1.165, 1.54) is 5.56 Å². The molecule has 1 fully saturated rings. The van der Waals surface area contributed by atoms with Gasteiger partial charge in [-0.15, -0.1) is 0 Å². The summed E-state index contributed by atoms with van der Waals surface area (Å²) < 4.78 is 5.28. The molecule has 1 atom stereocenters. The van der Waals surface area contributed by atoms with Crippen molar-refractivity contribution in [3.8, 4) is 0 Å². The van der Waals surface area contributed by atoms with Crippen LogP contribution in [0, 0.1) is 0 Å². The third kappa shape index (κ3) is 2.54. The molecular formula is C11H15NO. The molecule has 0 saturated carbocycles. The van der Waals surface area contributed by atoms with Crippen LogP contribution >= 0.6 is 0 Å². The van der Waals surface area contributed by atoms with Gasteiger partial charge in [0.1, 0.15) is 0 Å². The molecule has 2 nitrogen and oxygen atoms in total. The molecular weight excluding hydrogens is 162 g/mol. The number of nitrogens with one attached hydrogen (secondary N) is 1. The van der Waals surface area contributed by atoms with E-state index in [9.17, 15) is 0 Å². The van der Waals surface area contributed by atoms with Gasteiger partial charge in [-0.2, -0.15) is 0 Å². The van der Waals surface area contributed by atoms with Gasteiger partial charge in [0, 0.05) is 19.2 Å². The first-order valence-corrected chi connectivity index (χ1v) is 4.80. The maximum atomic E-state index is 5.28. The van der Waals surface area contributed by atoms with Crippen LogP contribution in [0.4, 0.5) is 0 Å². The van der Waals surface area contributed by atoms with E-state index >= 15 is 0 Å². The largest absolute Gasteiger partial charge is 0.380 e. The Hall–Kier alpha value is -0.860. The van der Waals surface area contributed by atoms with Gasteiger partial charge < -0.3 is 10.1 Å². The number of rotatable bonds is 3. The molecule has 1 saturated heterocycles. The number of benzene rings is 1. The lowest BCUT2D eigenvalue weighted by Crippen LogP contribution is -2.28. The summed E-state index contributed by atoms with van der Waals surface area (Å²) >= 11 is 0. The Morgan fingerprint density at radius 1 is 1.31 bits per heavy atom. The number of hydrogen-bond donors (Lipinski definition) is 1. The molecule has 0 aromatic heterocycles. The zero-order chi connectivity index (χ0) is 8.93. The highest BCUT2D eigenvalue weighted by Gasteiger charge is 2.13. The highest BCUT2D eigenvalue weighted by molar-refractivity contribution is 5.14. The van der Waals surface area contributed by atoms with Crippen LogP contribution in [-0.2, 0) is 11.3 Å². The van der Waals surface area contributed by atoms with Crippen molar-refractivity contribution in [3.05, 3.63) is 35.9 Å². The normalized spacial score (nSPS) is 22.0. The minimum atomic E-state index is 0.556. The average molecular weight is 177 g/mol. The van der Waals surface area contributed by atoms with E-state index in [0.717, 1.165) is 26.2 Å². The highest BCUT2D eigenvalue weighted by atomic mass is 16.5. The van der Waals surface area contributed by atoms with Crippen molar-refractivity contribution in [2.75, 3.05) is 13.2 Å². The van der Waals surface area contributed by atoms with Crippen molar-refractivity contribution >= 4 is 0 Å². The van der Waals surface area contributed by atoms with Crippen molar-refractivity contribution in [2.24, 2.45) is 0 Å². The second kappa shape index (κ2) is 4.40. The van der Waals surface area contributed by atoms with E-state index < -0.39 is 0 Å². The monoisotopic (exact) mass is 177 g/mol. The minimum absolute atomic E-state index is 0.556. The molecule has 0 radical (unpaired) electrons. The number of hydrogen-bond acceptors (Lipinski definition) is 2. The second-order valence-electron chi connectivity index (χ2n) is 3.43. The van der Waals surface area contributed by atoms with Gasteiger partial charge in [-0.3, -0.25) is 0 Å². The molecule has 0 amide bonds. The first kappa shape index (κ1) is 8.73. The molecule has 2 rings (SSSR count). The summed E-state index contributed by atoms with van der Waals surface area (Å²) in [5, 5.41) is 3.47. The van der Waals surface area contributed by atoms with Gasteiger partial charge in [-0.1, -0.05) is 30.3 Å². The third-order valence-corrected chi connectivity index (χ3v) is 2.37. The fourth-order valence-electron chi connectivity index (χ4n) is 1.55. The Morgan fingerprint density at radius 3 is 2.85 bits per heavy atom. The minimum Gasteiger partial charge on any atom is -0.380 e. The maximum absolute atomic E-state index is 5.28. The van der Waals surface area contributed by atoms with Crippen molar-refractivity contribution in [3.63, 3.8) is 0 Å². The Morgan fingerprint density at radius 2 is 2.15 bits per heavy atom. The summed E-state index contributed by atoms with van der Waals surface area (Å²) in [6.45, 7) is 2.73. The maximum Gasteiger partial charge on any atom is 0.0620 e. The Labute approximate surface area is 78.9 Å². The Balaban J connectivity index is 1.79. The molecule has 2 heteroatoms. The molecule has 1 aliphatic rings. The van der Waals surface area contributed by atoms with E-state index in [4.69, 9.17) is 4.74 Å². The van der Waals surface area contributed by atoms with Crippen molar-refractivity contribution in [2.45, 2.75) is 19.0 Å². The predicted octanol–water partition coefficient (Wildman–Crippen LogP) is 1.57. The highest BCUT2D eigenvalue weighted by Crippen LogP contribution is 2.05. The molecule has 1 aliphatic heterocycles. The van der Waals surface area contributed by atoms with E-state index in [2.05, 4.69) is 29.6 Å². The van der Waals surface area contributed by atoms with Gasteiger partial charge in [-0.25, -0.2) is 0 Å². The number of ether oxygens (including phenoxy) is 1. The van der Waals surface area contributed by atoms with Crippen LogP contribution in [0.3, 0.4) is 0 Å². The quantitative estimate of drug-likeness (QED) is 0.756. The van der Waals surface area contributed by atoms with Crippen molar-refractivity contribution < 1.29 is 4.74 Å². The molecule has 1 N–H and O–H groups in total. The molecule has 0 bridgehead atoms. The summed E-state index contributed by atoms with van der Waals surface area (Å²) in [5.74, 6) is 0. The Bertz CT molecular complexity index is 242. The van der Waals surface area contributed by atoms with Crippen LogP contribution in [-0.4, -0.2) is 19.3 Å². The lowest BCUT2D eigenvalue weighted by atomic mass is 10.2. The zero-order valence-corrected chi connectivity index (χ0v) is 7.70. The van der Waals surface area contributed by atoms with Gasteiger partial charge in [0.2, 0.25) is 0 Å². The van der Waals surface area contributed by atoms with Crippen LogP contribution in [0.1, 0.15) is 12.0 Å². The molecule has 1 unspecified atom stereocenters. The van der Waals surface area contributed by atoms with Gasteiger partial charge in [-0.05, 0) is 12.0 Å². The summed E-state index contributed by atoms with van der Waals surface area (Å²) in [5.41, 5.74) is 1.34. The van der Waals surface area contributed by atoms with Crippen molar-refractivity contribution in [1.29, 1.82) is 0 Å². The summed E-state index contributed by atoms with van der Waals surface area (Å²) in [4.78, 5) is 0. The van der Waals surface area contributed by atoms with Crippen LogP contribution in [0.25, 0.3) is 0 Å². The van der Waals surface area contributed by atoms with E-state index in [-0.39, 0.29) is 0 Å². The van der Waals surface area contributed by atoms with Gasteiger partial charge in [0.15, 0.2) is 0 Å². The molecule has 13 heavy (non-hydrogen) atoms. The molecule has 1 heterocycles. The summed E-state index contributed by atoms with van der Waals surface area (Å²) in [7, 11) is 0. The molecule has 1 aromatic carbocycles.